The van der Waals surface area contributed by atoms with E-state index in [2.05, 4.69) is 52.4 Å². The van der Waals surface area contributed by atoms with Crippen LogP contribution < -0.4 is 5.32 Å². The van der Waals surface area contributed by atoms with Crippen molar-refractivity contribution in [2.45, 2.75) is 25.8 Å². The minimum absolute atomic E-state index is 0.535. The smallest absolute Gasteiger partial charge is 0.0492 e. The fourth-order valence-electron chi connectivity index (χ4n) is 2.60. The molecule has 1 atom stereocenters. The molecule has 88 valence electrons. The fourth-order valence-corrected chi connectivity index (χ4v) is 2.60. The summed E-state index contributed by atoms with van der Waals surface area (Å²) in [7, 11) is 0. The summed E-state index contributed by atoms with van der Waals surface area (Å²) in [6, 6.07) is 10.7. The number of rotatable bonds is 2. The van der Waals surface area contributed by atoms with Gasteiger partial charge in [-0.05, 0) is 31.0 Å². The molecule has 0 saturated heterocycles. The van der Waals surface area contributed by atoms with Crippen LogP contribution in [0.3, 0.4) is 0 Å². The first-order valence-electron chi connectivity index (χ1n) is 6.22. The highest BCUT2D eigenvalue weighted by molar-refractivity contribution is 5.54. The summed E-state index contributed by atoms with van der Waals surface area (Å²) in [6.07, 6.45) is 3.01. The molecule has 0 saturated carbocycles. The lowest BCUT2D eigenvalue weighted by Crippen LogP contribution is -2.23. The van der Waals surface area contributed by atoms with Crippen LogP contribution in [0.2, 0.25) is 0 Å². The van der Waals surface area contributed by atoms with Crippen molar-refractivity contribution in [2.75, 3.05) is 11.9 Å². The number of aromatic nitrogens is 2. The molecule has 1 aliphatic rings. The van der Waals surface area contributed by atoms with Gasteiger partial charge in [0.25, 0.3) is 0 Å². The maximum atomic E-state index is 4.35. The normalized spacial score (nSPS) is 18.5. The number of para-hydroxylation sites is 1. The van der Waals surface area contributed by atoms with Crippen LogP contribution in [0.25, 0.3) is 0 Å². The van der Waals surface area contributed by atoms with Crippen molar-refractivity contribution in [3.05, 3.63) is 47.8 Å². The van der Waals surface area contributed by atoms with Crippen molar-refractivity contribution in [1.82, 2.24) is 9.78 Å². The van der Waals surface area contributed by atoms with Crippen molar-refractivity contribution < 1.29 is 0 Å². The van der Waals surface area contributed by atoms with Gasteiger partial charge in [0.1, 0.15) is 0 Å². The van der Waals surface area contributed by atoms with Crippen molar-refractivity contribution >= 4 is 5.69 Å². The number of anilines is 1. The molecule has 2 heterocycles. The molecule has 0 fully saturated rings. The van der Waals surface area contributed by atoms with Crippen LogP contribution in [-0.2, 0) is 13.0 Å². The van der Waals surface area contributed by atoms with Gasteiger partial charge in [0.05, 0.1) is 0 Å². The Hall–Kier alpha value is -1.77. The van der Waals surface area contributed by atoms with Crippen molar-refractivity contribution in [2.24, 2.45) is 0 Å². The summed E-state index contributed by atoms with van der Waals surface area (Å²) >= 11 is 0. The topological polar surface area (TPSA) is 29.9 Å². The van der Waals surface area contributed by atoms with Crippen LogP contribution in [0.4, 0.5) is 5.69 Å². The summed E-state index contributed by atoms with van der Waals surface area (Å²) in [5.41, 5.74) is 4.04. The van der Waals surface area contributed by atoms with Gasteiger partial charge < -0.3 is 5.32 Å². The van der Waals surface area contributed by atoms with Gasteiger partial charge >= 0.3 is 0 Å². The minimum atomic E-state index is 0.535. The summed E-state index contributed by atoms with van der Waals surface area (Å²) in [5.74, 6) is 0.535. The van der Waals surface area contributed by atoms with Crippen molar-refractivity contribution in [1.29, 1.82) is 0 Å². The van der Waals surface area contributed by atoms with Gasteiger partial charge in [-0.1, -0.05) is 18.2 Å². The third kappa shape index (κ3) is 1.82. The van der Waals surface area contributed by atoms with E-state index in [0.717, 1.165) is 19.5 Å². The van der Waals surface area contributed by atoms with Gasteiger partial charge in [0.2, 0.25) is 0 Å². The first-order valence-corrected chi connectivity index (χ1v) is 6.22. The fraction of sp³-hybridized carbons (Fsp3) is 0.357. The number of nitrogens with zero attached hydrogens (tertiary/aromatic N) is 2. The van der Waals surface area contributed by atoms with Gasteiger partial charge in [0.15, 0.2) is 0 Å². The molecule has 3 nitrogen and oxygen atoms in total. The lowest BCUT2D eigenvalue weighted by atomic mass is 9.91. The predicted molar refractivity (Wildman–Crippen MR) is 69.3 cm³/mol. The second kappa shape index (κ2) is 4.24. The number of benzene rings is 1. The standard InChI is InChI=1S/C14H17N3/c1-2-17-14(7-8-16-17)12-9-11-5-3-4-6-13(11)15-10-12/h3-8,12,15H,2,9-10H2,1H3. The van der Waals surface area contributed by atoms with E-state index in [1.807, 2.05) is 6.20 Å². The third-order valence-corrected chi connectivity index (χ3v) is 3.49. The Morgan fingerprint density at radius 2 is 2.24 bits per heavy atom. The molecule has 1 aliphatic heterocycles. The number of hydrogen-bond donors (Lipinski definition) is 1. The number of hydrogen-bond acceptors (Lipinski definition) is 2. The highest BCUT2D eigenvalue weighted by atomic mass is 15.3. The Kier molecular flexibility index (Phi) is 2.59. The van der Waals surface area contributed by atoms with E-state index >= 15 is 0 Å². The Labute approximate surface area is 101 Å². The maximum absolute atomic E-state index is 4.35. The molecule has 3 heteroatoms. The van der Waals surface area contributed by atoms with E-state index < -0.39 is 0 Å². The van der Waals surface area contributed by atoms with Crippen LogP contribution in [0.15, 0.2) is 36.5 Å². The minimum Gasteiger partial charge on any atom is -0.384 e. The molecule has 0 spiro atoms. The average molecular weight is 227 g/mol. The Bertz CT molecular complexity index is 516. The molecular weight excluding hydrogens is 210 g/mol. The van der Waals surface area contributed by atoms with Gasteiger partial charge in [-0.15, -0.1) is 0 Å². The van der Waals surface area contributed by atoms with E-state index in [1.165, 1.54) is 16.9 Å². The highest BCUT2D eigenvalue weighted by Gasteiger charge is 2.21. The largest absolute Gasteiger partial charge is 0.384 e. The molecule has 2 aromatic rings. The molecule has 0 aliphatic carbocycles. The van der Waals surface area contributed by atoms with Crippen LogP contribution in [-0.4, -0.2) is 16.3 Å². The number of aryl methyl sites for hydroxylation is 1. The molecule has 17 heavy (non-hydrogen) atoms. The summed E-state index contributed by atoms with van der Waals surface area (Å²) < 4.78 is 2.10. The van der Waals surface area contributed by atoms with Gasteiger partial charge in [-0.3, -0.25) is 4.68 Å². The van der Waals surface area contributed by atoms with E-state index in [-0.39, 0.29) is 0 Å². The molecule has 1 N–H and O–H groups in total. The Morgan fingerprint density at radius 1 is 1.35 bits per heavy atom. The Balaban J connectivity index is 1.89. The van der Waals surface area contributed by atoms with Crippen molar-refractivity contribution in [3.63, 3.8) is 0 Å². The van der Waals surface area contributed by atoms with E-state index in [4.69, 9.17) is 0 Å². The lowest BCUT2D eigenvalue weighted by molar-refractivity contribution is 0.563. The van der Waals surface area contributed by atoms with E-state index in [9.17, 15) is 0 Å². The molecular formula is C14H17N3. The second-order valence-corrected chi connectivity index (χ2v) is 4.51. The molecule has 0 radical (unpaired) electrons. The first kappa shape index (κ1) is 10.4. The van der Waals surface area contributed by atoms with Crippen molar-refractivity contribution in [3.8, 4) is 0 Å². The molecule has 1 unspecified atom stereocenters. The molecule has 0 amide bonds. The van der Waals surface area contributed by atoms with Crippen LogP contribution in [0.1, 0.15) is 24.1 Å². The summed E-state index contributed by atoms with van der Waals surface area (Å²) in [6.45, 7) is 4.09. The van der Waals surface area contributed by atoms with Crippen LogP contribution >= 0.6 is 0 Å². The quantitative estimate of drug-likeness (QED) is 0.854. The van der Waals surface area contributed by atoms with E-state index in [1.54, 1.807) is 0 Å². The Morgan fingerprint density at radius 3 is 3.12 bits per heavy atom. The zero-order valence-electron chi connectivity index (χ0n) is 10.1. The zero-order chi connectivity index (χ0) is 11.7. The van der Waals surface area contributed by atoms with Crippen LogP contribution in [0, 0.1) is 0 Å². The SMILES string of the molecule is CCn1nccc1C1CNc2ccccc2C1. The monoisotopic (exact) mass is 227 g/mol. The highest BCUT2D eigenvalue weighted by Crippen LogP contribution is 2.29. The van der Waals surface area contributed by atoms with Gasteiger partial charge in [0, 0.05) is 36.6 Å². The second-order valence-electron chi connectivity index (χ2n) is 4.51. The molecule has 1 aromatic heterocycles. The first-order chi connectivity index (χ1) is 8.38. The van der Waals surface area contributed by atoms with Gasteiger partial charge in [-0.25, -0.2) is 0 Å². The summed E-state index contributed by atoms with van der Waals surface area (Å²) in [4.78, 5) is 0. The predicted octanol–water partition coefficient (Wildman–Crippen LogP) is 2.65. The van der Waals surface area contributed by atoms with Crippen LogP contribution in [0.5, 0.6) is 0 Å². The lowest BCUT2D eigenvalue weighted by Gasteiger charge is -2.26. The molecule has 3 rings (SSSR count). The third-order valence-electron chi connectivity index (χ3n) is 3.49. The van der Waals surface area contributed by atoms with E-state index in [0.29, 0.717) is 5.92 Å². The number of nitrogens with one attached hydrogen (secondary N) is 1. The van der Waals surface area contributed by atoms with Gasteiger partial charge in [-0.2, -0.15) is 5.10 Å². The zero-order valence-corrected chi connectivity index (χ0v) is 10.1. The molecule has 0 bridgehead atoms. The number of fused-ring (bicyclic) bond motifs is 1. The molecule has 1 aromatic carbocycles. The summed E-state index contributed by atoms with van der Waals surface area (Å²) in [5, 5.41) is 7.87. The maximum Gasteiger partial charge on any atom is 0.0492 e. The average Bonchev–Trinajstić information content (AvgIpc) is 2.86.